The summed E-state index contributed by atoms with van der Waals surface area (Å²) < 4.78 is 18.4. The van der Waals surface area contributed by atoms with E-state index in [1.165, 1.54) is 12.1 Å². The Hall–Kier alpha value is -1.77. The molecule has 16 heavy (non-hydrogen) atoms. The third-order valence-electron chi connectivity index (χ3n) is 2.17. The first kappa shape index (κ1) is 10.7. The predicted molar refractivity (Wildman–Crippen MR) is 62.6 cm³/mol. The highest BCUT2D eigenvalue weighted by Crippen LogP contribution is 2.11. The van der Waals surface area contributed by atoms with E-state index in [9.17, 15) is 4.39 Å². The van der Waals surface area contributed by atoms with Crippen molar-refractivity contribution in [3.63, 3.8) is 0 Å². The average molecular weight is 212 g/mol. The van der Waals surface area contributed by atoms with Crippen molar-refractivity contribution >= 4 is 13.3 Å². The Balaban J connectivity index is 1.99. The zero-order valence-corrected chi connectivity index (χ0v) is 8.69. The van der Waals surface area contributed by atoms with Crippen LogP contribution in [0.15, 0.2) is 48.5 Å². The van der Waals surface area contributed by atoms with Crippen LogP contribution in [0.3, 0.4) is 0 Å². The van der Waals surface area contributed by atoms with E-state index >= 15 is 0 Å². The number of rotatable bonds is 3. The molecule has 0 heterocycles. The molecule has 2 aromatic rings. The quantitative estimate of drug-likeness (QED) is 0.708. The molecule has 0 atom stereocenters. The van der Waals surface area contributed by atoms with E-state index in [4.69, 9.17) is 12.6 Å². The Kier molecular flexibility index (Phi) is 3.25. The van der Waals surface area contributed by atoms with Gasteiger partial charge in [-0.2, -0.15) is 0 Å². The zero-order chi connectivity index (χ0) is 11.4. The third-order valence-corrected chi connectivity index (χ3v) is 2.17. The molecule has 0 spiro atoms. The minimum Gasteiger partial charge on any atom is -0.489 e. The van der Waals surface area contributed by atoms with Crippen molar-refractivity contribution in [1.82, 2.24) is 0 Å². The summed E-state index contributed by atoms with van der Waals surface area (Å²) in [6.07, 6.45) is 0. The van der Waals surface area contributed by atoms with Crippen LogP contribution in [-0.4, -0.2) is 7.85 Å². The number of ether oxygens (including phenoxy) is 1. The molecule has 0 saturated carbocycles. The van der Waals surface area contributed by atoms with Crippen molar-refractivity contribution < 1.29 is 9.13 Å². The average Bonchev–Trinajstić information content (AvgIpc) is 2.28. The first-order valence-electron chi connectivity index (χ1n) is 4.97. The van der Waals surface area contributed by atoms with Gasteiger partial charge in [-0.25, -0.2) is 4.39 Å². The Bertz CT molecular complexity index is 468. The van der Waals surface area contributed by atoms with E-state index in [2.05, 4.69) is 0 Å². The second-order valence-corrected chi connectivity index (χ2v) is 3.49. The lowest BCUT2D eigenvalue weighted by Gasteiger charge is -2.06. The molecular formula is C13H10BFO. The molecule has 3 heteroatoms. The van der Waals surface area contributed by atoms with Gasteiger partial charge in [0.15, 0.2) is 0 Å². The summed E-state index contributed by atoms with van der Waals surface area (Å²) in [6, 6.07) is 13.5. The minimum atomic E-state index is -0.251. The third kappa shape index (κ3) is 2.86. The van der Waals surface area contributed by atoms with E-state index in [1.54, 1.807) is 30.3 Å². The van der Waals surface area contributed by atoms with Crippen molar-refractivity contribution in [2.45, 2.75) is 6.61 Å². The summed E-state index contributed by atoms with van der Waals surface area (Å²) >= 11 is 0. The highest BCUT2D eigenvalue weighted by atomic mass is 19.1. The number of hydrogen-bond acceptors (Lipinski definition) is 1. The lowest BCUT2D eigenvalue weighted by atomic mass is 9.97. The van der Waals surface area contributed by atoms with Crippen LogP contribution < -0.4 is 10.2 Å². The molecule has 0 aliphatic heterocycles. The van der Waals surface area contributed by atoms with Crippen LogP contribution >= 0.6 is 0 Å². The molecule has 2 rings (SSSR count). The van der Waals surface area contributed by atoms with Gasteiger partial charge in [-0.1, -0.05) is 29.7 Å². The standard InChI is InChI=1S/C13H10BFO/c14-11-4-6-13(7-5-11)16-9-10-2-1-3-12(15)8-10/h1-8H,9H2. The van der Waals surface area contributed by atoms with Gasteiger partial charge in [-0.05, 0) is 29.8 Å². The van der Waals surface area contributed by atoms with Crippen LogP contribution in [0, 0.1) is 5.82 Å². The molecule has 0 N–H and O–H groups in total. The van der Waals surface area contributed by atoms with E-state index in [1.807, 2.05) is 6.07 Å². The molecule has 2 radical (unpaired) electrons. The maximum absolute atomic E-state index is 12.9. The van der Waals surface area contributed by atoms with Crippen LogP contribution in [0.2, 0.25) is 0 Å². The van der Waals surface area contributed by atoms with Crippen molar-refractivity contribution in [3.8, 4) is 5.75 Å². The molecule has 78 valence electrons. The molecule has 0 fully saturated rings. The van der Waals surface area contributed by atoms with Crippen LogP contribution in [0.25, 0.3) is 0 Å². The van der Waals surface area contributed by atoms with Crippen molar-refractivity contribution in [3.05, 3.63) is 59.9 Å². The number of hydrogen-bond donors (Lipinski definition) is 0. The molecule has 1 nitrogen and oxygen atoms in total. The van der Waals surface area contributed by atoms with E-state index < -0.39 is 0 Å². The smallest absolute Gasteiger partial charge is 0.123 e. The van der Waals surface area contributed by atoms with Gasteiger partial charge in [0.1, 0.15) is 26.0 Å². The van der Waals surface area contributed by atoms with Gasteiger partial charge < -0.3 is 4.74 Å². The lowest BCUT2D eigenvalue weighted by molar-refractivity contribution is 0.305. The molecule has 0 aromatic heterocycles. The maximum atomic E-state index is 12.9. The summed E-state index contributed by atoms with van der Waals surface area (Å²) in [5.74, 6) is 0.469. The Morgan fingerprint density at radius 1 is 1.06 bits per heavy atom. The Morgan fingerprint density at radius 2 is 1.81 bits per heavy atom. The molecule has 0 aliphatic rings. The molecule has 0 unspecified atom stereocenters. The Labute approximate surface area is 95.3 Å². The van der Waals surface area contributed by atoms with Crippen LogP contribution in [-0.2, 0) is 6.61 Å². The topological polar surface area (TPSA) is 9.23 Å². The van der Waals surface area contributed by atoms with Gasteiger partial charge in [0.25, 0.3) is 0 Å². The van der Waals surface area contributed by atoms with Gasteiger partial charge in [0.2, 0.25) is 0 Å². The van der Waals surface area contributed by atoms with Crippen LogP contribution in [0.1, 0.15) is 5.56 Å². The van der Waals surface area contributed by atoms with Gasteiger partial charge in [-0.15, -0.1) is 0 Å². The summed E-state index contributed by atoms with van der Waals surface area (Å²) in [5.41, 5.74) is 1.50. The molecule has 2 aromatic carbocycles. The summed E-state index contributed by atoms with van der Waals surface area (Å²) in [5, 5.41) is 0. The van der Waals surface area contributed by atoms with Gasteiger partial charge >= 0.3 is 0 Å². The fourth-order valence-electron chi connectivity index (χ4n) is 1.36. The number of halogens is 1. The first-order chi connectivity index (χ1) is 7.74. The zero-order valence-electron chi connectivity index (χ0n) is 8.69. The molecule has 0 bridgehead atoms. The molecule has 0 saturated heterocycles. The minimum absolute atomic E-state index is 0.251. The SMILES string of the molecule is [B]c1ccc(OCc2cccc(F)c2)cc1. The largest absolute Gasteiger partial charge is 0.489 e. The summed E-state index contributed by atoms with van der Waals surface area (Å²) in [4.78, 5) is 0. The normalized spacial score (nSPS) is 10.1. The monoisotopic (exact) mass is 212 g/mol. The number of benzene rings is 2. The fraction of sp³-hybridized carbons (Fsp3) is 0.0769. The van der Waals surface area contributed by atoms with Crippen molar-refractivity contribution in [2.24, 2.45) is 0 Å². The fourth-order valence-corrected chi connectivity index (χ4v) is 1.36. The summed E-state index contributed by atoms with van der Waals surface area (Å²) in [7, 11) is 5.55. The molecular weight excluding hydrogens is 202 g/mol. The second kappa shape index (κ2) is 4.84. The van der Waals surface area contributed by atoms with Crippen molar-refractivity contribution in [2.75, 3.05) is 0 Å². The van der Waals surface area contributed by atoms with Gasteiger partial charge in [0, 0.05) is 0 Å². The van der Waals surface area contributed by atoms with Crippen molar-refractivity contribution in [1.29, 1.82) is 0 Å². The second-order valence-electron chi connectivity index (χ2n) is 3.49. The van der Waals surface area contributed by atoms with E-state index in [-0.39, 0.29) is 5.82 Å². The first-order valence-corrected chi connectivity index (χ1v) is 4.97. The lowest BCUT2D eigenvalue weighted by Crippen LogP contribution is -2.01. The summed E-state index contributed by atoms with van der Waals surface area (Å²) in [6.45, 7) is 0.349. The highest BCUT2D eigenvalue weighted by molar-refractivity contribution is 6.32. The molecule has 0 amide bonds. The molecule has 0 aliphatic carbocycles. The maximum Gasteiger partial charge on any atom is 0.123 e. The Morgan fingerprint density at radius 3 is 2.50 bits per heavy atom. The van der Waals surface area contributed by atoms with Gasteiger partial charge in [0.05, 0.1) is 0 Å². The van der Waals surface area contributed by atoms with Crippen LogP contribution in [0.4, 0.5) is 4.39 Å². The van der Waals surface area contributed by atoms with Crippen LogP contribution in [0.5, 0.6) is 5.75 Å². The highest BCUT2D eigenvalue weighted by Gasteiger charge is 1.97. The van der Waals surface area contributed by atoms with Gasteiger partial charge in [-0.3, -0.25) is 0 Å². The van der Waals surface area contributed by atoms with E-state index in [0.717, 1.165) is 11.3 Å². The predicted octanol–water partition coefficient (Wildman–Crippen LogP) is 2.20. The van der Waals surface area contributed by atoms with E-state index in [0.29, 0.717) is 12.1 Å².